The van der Waals surface area contributed by atoms with Crippen molar-refractivity contribution in [2.45, 2.75) is 53.7 Å². The molecule has 4 atom stereocenters. The molecule has 2 bridgehead atoms. The van der Waals surface area contributed by atoms with E-state index in [0.29, 0.717) is 17.1 Å². The van der Waals surface area contributed by atoms with Gasteiger partial charge in [0.2, 0.25) is 0 Å². The van der Waals surface area contributed by atoms with Crippen LogP contribution < -0.4 is 15.5 Å². The number of hydrogen-bond acceptors (Lipinski definition) is 8. The van der Waals surface area contributed by atoms with Gasteiger partial charge in [-0.3, -0.25) is 20.3 Å². The highest BCUT2D eigenvalue weighted by Gasteiger charge is 2.52. The fourth-order valence-corrected chi connectivity index (χ4v) is 6.66. The van der Waals surface area contributed by atoms with E-state index in [9.17, 15) is 18.4 Å². The van der Waals surface area contributed by atoms with Crippen molar-refractivity contribution in [1.29, 1.82) is 0 Å². The van der Waals surface area contributed by atoms with Crippen LogP contribution in [0.2, 0.25) is 0 Å². The van der Waals surface area contributed by atoms with Gasteiger partial charge in [-0.15, -0.1) is 0 Å². The minimum Gasteiger partial charge on any atom is -0.457 e. The molecule has 3 aromatic rings. The molecular formula is C26H27N3O6S. The van der Waals surface area contributed by atoms with Crippen LogP contribution in [-0.4, -0.2) is 42.3 Å². The SMILES string of the molecule is O=C(NO)C1(NC(c2cccnc2)S(=O)(=O)c2ccc(Oc3ccccc3)cc2)C[C@H]2CC[C@@H](C1)O2. The van der Waals surface area contributed by atoms with Gasteiger partial charge >= 0.3 is 0 Å². The maximum atomic E-state index is 14.0. The van der Waals surface area contributed by atoms with Gasteiger partial charge in [-0.25, -0.2) is 13.9 Å². The Bertz CT molecular complexity index is 1290. The number of aromatic nitrogens is 1. The second kappa shape index (κ2) is 9.98. The molecule has 10 heteroatoms. The number of fused-ring (bicyclic) bond motifs is 2. The number of amides is 1. The van der Waals surface area contributed by atoms with Crippen molar-refractivity contribution < 1.29 is 27.9 Å². The third kappa shape index (κ3) is 4.85. The Balaban J connectivity index is 1.48. The molecule has 0 spiro atoms. The van der Waals surface area contributed by atoms with Crippen LogP contribution >= 0.6 is 0 Å². The summed E-state index contributed by atoms with van der Waals surface area (Å²) in [5, 5.41) is 11.4. The summed E-state index contributed by atoms with van der Waals surface area (Å²) in [4.78, 5) is 17.1. The van der Waals surface area contributed by atoms with Gasteiger partial charge in [0, 0.05) is 30.8 Å². The number of rotatable bonds is 8. The van der Waals surface area contributed by atoms with E-state index >= 15 is 0 Å². The van der Waals surface area contributed by atoms with E-state index in [1.807, 2.05) is 18.2 Å². The third-order valence-corrected chi connectivity index (χ3v) is 8.66. The number of nitrogens with zero attached hydrogens (tertiary/aromatic N) is 1. The summed E-state index contributed by atoms with van der Waals surface area (Å²) in [5.74, 6) is 0.440. The molecule has 2 aliphatic rings. The second-order valence-corrected chi connectivity index (χ2v) is 11.2. The zero-order chi connectivity index (χ0) is 25.2. The molecule has 2 unspecified atom stereocenters. The molecule has 2 aliphatic heterocycles. The van der Waals surface area contributed by atoms with Crippen LogP contribution in [0.15, 0.2) is 84.0 Å². The molecule has 36 heavy (non-hydrogen) atoms. The number of carbonyl (C=O) groups is 1. The lowest BCUT2D eigenvalue weighted by atomic mass is 9.85. The average molecular weight is 510 g/mol. The molecule has 0 aliphatic carbocycles. The van der Waals surface area contributed by atoms with Gasteiger partial charge in [-0.1, -0.05) is 24.3 Å². The van der Waals surface area contributed by atoms with Crippen molar-refractivity contribution in [2.24, 2.45) is 0 Å². The molecule has 188 valence electrons. The number of carbonyl (C=O) groups excluding carboxylic acids is 1. The van der Waals surface area contributed by atoms with Crippen LogP contribution in [0.25, 0.3) is 0 Å². The first-order chi connectivity index (χ1) is 17.4. The molecular weight excluding hydrogens is 482 g/mol. The molecule has 2 fully saturated rings. The number of sulfone groups is 1. The molecule has 0 saturated carbocycles. The van der Waals surface area contributed by atoms with Crippen molar-refractivity contribution >= 4 is 15.7 Å². The minimum absolute atomic E-state index is 0.0545. The van der Waals surface area contributed by atoms with E-state index in [1.165, 1.54) is 18.3 Å². The predicted molar refractivity (Wildman–Crippen MR) is 130 cm³/mol. The normalized spacial score (nSPS) is 24.1. The molecule has 1 amide bonds. The van der Waals surface area contributed by atoms with E-state index in [1.54, 1.807) is 48.1 Å². The van der Waals surface area contributed by atoms with Gasteiger partial charge in [-0.2, -0.15) is 0 Å². The fourth-order valence-electron chi connectivity index (χ4n) is 5.00. The molecule has 3 heterocycles. The highest BCUT2D eigenvalue weighted by Crippen LogP contribution is 2.41. The van der Waals surface area contributed by atoms with Crippen molar-refractivity contribution in [3.05, 3.63) is 84.7 Å². The van der Waals surface area contributed by atoms with Gasteiger partial charge in [0.15, 0.2) is 9.84 Å². The molecule has 3 N–H and O–H groups in total. The predicted octanol–water partition coefficient (Wildman–Crippen LogP) is 3.52. The zero-order valence-corrected chi connectivity index (χ0v) is 20.2. The van der Waals surface area contributed by atoms with E-state index < -0.39 is 26.7 Å². The van der Waals surface area contributed by atoms with Crippen LogP contribution in [0.4, 0.5) is 0 Å². The summed E-state index contributed by atoms with van der Waals surface area (Å²) in [7, 11) is -4.05. The molecule has 2 aromatic carbocycles. The van der Waals surface area contributed by atoms with Crippen molar-refractivity contribution in [1.82, 2.24) is 15.8 Å². The van der Waals surface area contributed by atoms with Gasteiger partial charge < -0.3 is 9.47 Å². The Morgan fingerprint density at radius 3 is 2.28 bits per heavy atom. The largest absolute Gasteiger partial charge is 0.457 e. The van der Waals surface area contributed by atoms with Crippen molar-refractivity contribution in [2.75, 3.05) is 0 Å². The van der Waals surface area contributed by atoms with Crippen LogP contribution in [-0.2, 0) is 19.4 Å². The number of hydroxylamine groups is 1. The fraction of sp³-hybridized carbons (Fsp3) is 0.308. The van der Waals surface area contributed by atoms with E-state index in [-0.39, 0.29) is 29.9 Å². The lowest BCUT2D eigenvalue weighted by Gasteiger charge is -2.41. The Morgan fingerprint density at radius 1 is 1.00 bits per heavy atom. The number of ether oxygens (including phenoxy) is 2. The maximum Gasteiger partial charge on any atom is 0.263 e. The molecule has 0 radical (unpaired) electrons. The molecule has 9 nitrogen and oxygen atoms in total. The monoisotopic (exact) mass is 509 g/mol. The number of pyridine rings is 1. The number of benzene rings is 2. The Morgan fingerprint density at radius 2 is 1.67 bits per heavy atom. The first-order valence-corrected chi connectivity index (χ1v) is 13.3. The van der Waals surface area contributed by atoms with Gasteiger partial charge in [0.1, 0.15) is 22.4 Å². The van der Waals surface area contributed by atoms with Crippen LogP contribution in [0.5, 0.6) is 11.5 Å². The Hall–Kier alpha value is -3.31. The van der Waals surface area contributed by atoms with Gasteiger partial charge in [0.25, 0.3) is 5.91 Å². The van der Waals surface area contributed by atoms with E-state index in [0.717, 1.165) is 12.8 Å². The summed E-state index contributed by atoms with van der Waals surface area (Å²) in [6.07, 6.45) is 4.66. The average Bonchev–Trinajstić information content (AvgIpc) is 3.26. The Labute approximate surface area is 209 Å². The summed E-state index contributed by atoms with van der Waals surface area (Å²) < 4.78 is 39.6. The van der Waals surface area contributed by atoms with Crippen molar-refractivity contribution in [3.8, 4) is 11.5 Å². The lowest BCUT2D eigenvalue weighted by Crippen LogP contribution is -2.62. The van der Waals surface area contributed by atoms with Gasteiger partial charge in [-0.05, 0) is 55.3 Å². The summed E-state index contributed by atoms with van der Waals surface area (Å²) in [5.41, 5.74) is 0.789. The summed E-state index contributed by atoms with van der Waals surface area (Å²) in [6, 6.07) is 18.6. The van der Waals surface area contributed by atoms with Gasteiger partial charge in [0.05, 0.1) is 17.1 Å². The zero-order valence-electron chi connectivity index (χ0n) is 19.4. The quantitative estimate of drug-likeness (QED) is 0.311. The van der Waals surface area contributed by atoms with E-state index in [2.05, 4.69) is 10.3 Å². The highest BCUT2D eigenvalue weighted by molar-refractivity contribution is 7.91. The lowest BCUT2D eigenvalue weighted by molar-refractivity contribution is -0.144. The van der Waals surface area contributed by atoms with Crippen molar-refractivity contribution in [3.63, 3.8) is 0 Å². The second-order valence-electron chi connectivity index (χ2n) is 9.13. The smallest absolute Gasteiger partial charge is 0.263 e. The summed E-state index contributed by atoms with van der Waals surface area (Å²) >= 11 is 0. The topological polar surface area (TPSA) is 127 Å². The highest BCUT2D eigenvalue weighted by atomic mass is 32.2. The summed E-state index contributed by atoms with van der Waals surface area (Å²) in [6.45, 7) is 0. The number of para-hydroxylation sites is 1. The molecule has 5 rings (SSSR count). The first kappa shape index (κ1) is 24.4. The van der Waals surface area contributed by atoms with Crippen LogP contribution in [0.1, 0.15) is 36.6 Å². The standard InChI is InChI=1S/C26H27N3O6S/c30-25(29-31)26(15-21-8-9-22(16-26)35-21)28-24(18-5-4-14-27-17-18)36(32,33)23-12-10-20(11-13-23)34-19-6-2-1-3-7-19/h1-7,10-14,17,21-22,24,28,31H,8-9,15-16H2,(H,29,30)/t21-,22+,24?,26?. The van der Waals surface area contributed by atoms with Crippen LogP contribution in [0, 0.1) is 0 Å². The minimum atomic E-state index is -4.05. The molecule has 1 aromatic heterocycles. The maximum absolute atomic E-state index is 14.0. The number of nitrogens with one attached hydrogen (secondary N) is 2. The third-order valence-electron chi connectivity index (χ3n) is 6.72. The first-order valence-electron chi connectivity index (χ1n) is 11.7. The number of hydrogen-bond donors (Lipinski definition) is 3. The molecule has 2 saturated heterocycles. The van der Waals surface area contributed by atoms with Crippen LogP contribution in [0.3, 0.4) is 0 Å². The van der Waals surface area contributed by atoms with E-state index in [4.69, 9.17) is 9.47 Å². The Kier molecular flexibility index (Phi) is 6.76.